The first-order valence-corrected chi connectivity index (χ1v) is 7.98. The maximum Gasteiger partial charge on any atom is 0.223 e. The van der Waals surface area contributed by atoms with Gasteiger partial charge in [0.05, 0.1) is 18.8 Å². The molecule has 0 saturated carbocycles. The first-order chi connectivity index (χ1) is 11.1. The highest BCUT2D eigenvalue weighted by Crippen LogP contribution is 2.36. The maximum absolute atomic E-state index is 12.1. The van der Waals surface area contributed by atoms with Gasteiger partial charge in [-0.05, 0) is 17.7 Å². The summed E-state index contributed by atoms with van der Waals surface area (Å²) in [5.41, 5.74) is 1.13. The zero-order valence-electron chi connectivity index (χ0n) is 13.2. The van der Waals surface area contributed by atoms with Crippen molar-refractivity contribution in [3.63, 3.8) is 0 Å². The van der Waals surface area contributed by atoms with Crippen LogP contribution in [-0.2, 0) is 18.4 Å². The van der Waals surface area contributed by atoms with Crippen molar-refractivity contribution in [2.24, 2.45) is 13.0 Å². The number of nitrogens with one attached hydrogen (secondary N) is 1. The zero-order valence-corrected chi connectivity index (χ0v) is 14.0. The third kappa shape index (κ3) is 3.23. The standard InChI is InChI=1S/C16H20ClN5O/c1-21-13(17)9-20-14(21)10-19-8-12-7-15(23)22(2)16(12)11-3-5-18-6-4-11/h3-6,9,12,16,19H,7-8,10H2,1-2H3/t12-,16-/m0/s1. The van der Waals surface area contributed by atoms with Crippen molar-refractivity contribution in [1.82, 2.24) is 24.8 Å². The van der Waals surface area contributed by atoms with E-state index in [1.165, 1.54) is 0 Å². The fourth-order valence-electron chi connectivity index (χ4n) is 3.15. The quantitative estimate of drug-likeness (QED) is 0.906. The highest BCUT2D eigenvalue weighted by atomic mass is 35.5. The minimum absolute atomic E-state index is 0.0861. The van der Waals surface area contributed by atoms with E-state index in [4.69, 9.17) is 11.6 Å². The Morgan fingerprint density at radius 1 is 1.35 bits per heavy atom. The van der Waals surface area contributed by atoms with Gasteiger partial charge in [0.2, 0.25) is 5.91 Å². The summed E-state index contributed by atoms with van der Waals surface area (Å²) in [5.74, 6) is 1.29. The molecule has 2 aromatic rings. The number of nitrogens with zero attached hydrogens (tertiary/aromatic N) is 4. The molecule has 2 aromatic heterocycles. The number of rotatable bonds is 5. The van der Waals surface area contributed by atoms with Crippen molar-refractivity contribution in [2.45, 2.75) is 19.0 Å². The first-order valence-electron chi connectivity index (χ1n) is 7.60. The Kier molecular flexibility index (Phi) is 4.63. The summed E-state index contributed by atoms with van der Waals surface area (Å²) >= 11 is 5.99. The molecule has 0 aromatic carbocycles. The molecule has 0 aliphatic carbocycles. The van der Waals surface area contributed by atoms with Gasteiger partial charge in [-0.2, -0.15) is 0 Å². The fourth-order valence-corrected chi connectivity index (χ4v) is 3.30. The third-order valence-corrected chi connectivity index (χ3v) is 4.81. The third-order valence-electron chi connectivity index (χ3n) is 4.46. The minimum Gasteiger partial charge on any atom is -0.338 e. The van der Waals surface area contributed by atoms with Crippen LogP contribution in [0.2, 0.25) is 5.15 Å². The molecule has 0 spiro atoms. The Labute approximate surface area is 140 Å². The highest BCUT2D eigenvalue weighted by molar-refractivity contribution is 6.29. The molecule has 2 atom stereocenters. The molecule has 3 heterocycles. The lowest BCUT2D eigenvalue weighted by Gasteiger charge is -2.25. The van der Waals surface area contributed by atoms with Gasteiger partial charge in [0.25, 0.3) is 0 Å². The molecular formula is C16H20ClN5O. The maximum atomic E-state index is 12.1. The van der Waals surface area contributed by atoms with E-state index in [1.807, 2.05) is 35.7 Å². The van der Waals surface area contributed by atoms with Crippen molar-refractivity contribution >= 4 is 17.5 Å². The Hall–Kier alpha value is -1.92. The molecule has 1 fully saturated rings. The molecule has 0 bridgehead atoms. The molecule has 1 saturated heterocycles. The van der Waals surface area contributed by atoms with Gasteiger partial charge in [0.15, 0.2) is 0 Å². The summed E-state index contributed by atoms with van der Waals surface area (Å²) < 4.78 is 1.85. The van der Waals surface area contributed by atoms with E-state index < -0.39 is 0 Å². The van der Waals surface area contributed by atoms with Crippen LogP contribution in [0.25, 0.3) is 0 Å². The molecule has 23 heavy (non-hydrogen) atoms. The van der Waals surface area contributed by atoms with Gasteiger partial charge < -0.3 is 14.8 Å². The average Bonchev–Trinajstić information content (AvgIpc) is 3.02. The summed E-state index contributed by atoms with van der Waals surface area (Å²) in [4.78, 5) is 22.3. The summed E-state index contributed by atoms with van der Waals surface area (Å²) in [6, 6.07) is 4.04. The summed E-state index contributed by atoms with van der Waals surface area (Å²) in [6.07, 6.45) is 5.74. The van der Waals surface area contributed by atoms with Gasteiger partial charge in [-0.1, -0.05) is 11.6 Å². The second-order valence-corrected chi connectivity index (χ2v) is 6.27. The van der Waals surface area contributed by atoms with Gasteiger partial charge in [0, 0.05) is 45.4 Å². The molecule has 7 heteroatoms. The number of amides is 1. The van der Waals surface area contributed by atoms with E-state index in [0.29, 0.717) is 18.1 Å². The number of halogens is 1. The number of imidazole rings is 1. The van der Waals surface area contributed by atoms with Crippen LogP contribution in [0.1, 0.15) is 23.9 Å². The summed E-state index contributed by atoms with van der Waals surface area (Å²) in [7, 11) is 3.75. The normalized spacial score (nSPS) is 21.2. The van der Waals surface area contributed by atoms with Crippen LogP contribution in [0.3, 0.4) is 0 Å². The van der Waals surface area contributed by atoms with Crippen LogP contribution in [-0.4, -0.2) is 38.9 Å². The van der Waals surface area contributed by atoms with Crippen molar-refractivity contribution in [1.29, 1.82) is 0 Å². The fraction of sp³-hybridized carbons (Fsp3) is 0.438. The lowest BCUT2D eigenvalue weighted by atomic mass is 9.94. The van der Waals surface area contributed by atoms with E-state index in [0.717, 1.165) is 17.9 Å². The average molecular weight is 334 g/mol. The predicted octanol–water partition coefficient (Wildman–Crippen LogP) is 1.78. The number of aromatic nitrogens is 3. The van der Waals surface area contributed by atoms with Gasteiger partial charge >= 0.3 is 0 Å². The number of hydrogen-bond acceptors (Lipinski definition) is 4. The molecule has 0 unspecified atom stereocenters. The SMILES string of the molecule is CN1C(=O)C[C@@H](CNCc2ncc(Cl)n2C)[C@@H]1c1ccncc1. The molecule has 122 valence electrons. The van der Waals surface area contributed by atoms with Crippen molar-refractivity contribution in [3.05, 3.63) is 47.3 Å². The van der Waals surface area contributed by atoms with E-state index in [-0.39, 0.29) is 17.9 Å². The van der Waals surface area contributed by atoms with E-state index in [2.05, 4.69) is 15.3 Å². The van der Waals surface area contributed by atoms with Crippen LogP contribution in [0.4, 0.5) is 0 Å². The Morgan fingerprint density at radius 3 is 2.74 bits per heavy atom. The Balaban J connectivity index is 1.66. The van der Waals surface area contributed by atoms with Gasteiger partial charge in [0.1, 0.15) is 11.0 Å². The number of likely N-dealkylation sites (tertiary alicyclic amines) is 1. The molecular weight excluding hydrogens is 314 g/mol. The molecule has 1 amide bonds. The number of carbonyl (C=O) groups excluding carboxylic acids is 1. The van der Waals surface area contributed by atoms with Crippen LogP contribution < -0.4 is 5.32 Å². The van der Waals surface area contributed by atoms with Crippen molar-refractivity contribution in [3.8, 4) is 0 Å². The van der Waals surface area contributed by atoms with Crippen molar-refractivity contribution < 1.29 is 4.79 Å². The Bertz CT molecular complexity index is 687. The number of hydrogen-bond donors (Lipinski definition) is 1. The first kappa shape index (κ1) is 16.0. The van der Waals surface area contributed by atoms with Gasteiger partial charge in [-0.15, -0.1) is 0 Å². The molecule has 0 radical (unpaired) electrons. The summed E-state index contributed by atoms with van der Waals surface area (Å²) in [5, 5.41) is 4.02. The Morgan fingerprint density at radius 2 is 2.09 bits per heavy atom. The summed E-state index contributed by atoms with van der Waals surface area (Å²) in [6.45, 7) is 1.37. The van der Waals surface area contributed by atoms with Gasteiger partial charge in [-0.25, -0.2) is 4.98 Å². The molecule has 3 rings (SSSR count). The second-order valence-electron chi connectivity index (χ2n) is 5.88. The van der Waals surface area contributed by atoms with Gasteiger partial charge in [-0.3, -0.25) is 9.78 Å². The molecule has 1 aliphatic heterocycles. The van der Waals surface area contributed by atoms with E-state index >= 15 is 0 Å². The lowest BCUT2D eigenvalue weighted by Crippen LogP contribution is -2.29. The monoisotopic (exact) mass is 333 g/mol. The minimum atomic E-state index is 0.0861. The van der Waals surface area contributed by atoms with Crippen LogP contribution in [0, 0.1) is 5.92 Å². The second kappa shape index (κ2) is 6.68. The smallest absolute Gasteiger partial charge is 0.223 e. The molecule has 1 aliphatic rings. The topological polar surface area (TPSA) is 63.1 Å². The molecule has 1 N–H and O–H groups in total. The van der Waals surface area contributed by atoms with Crippen molar-refractivity contribution in [2.75, 3.05) is 13.6 Å². The highest BCUT2D eigenvalue weighted by Gasteiger charge is 2.38. The zero-order chi connectivity index (χ0) is 16.4. The van der Waals surface area contributed by atoms with Crippen LogP contribution in [0.5, 0.6) is 0 Å². The van der Waals surface area contributed by atoms with Crippen LogP contribution >= 0.6 is 11.6 Å². The predicted molar refractivity (Wildman–Crippen MR) is 87.8 cm³/mol. The number of carbonyl (C=O) groups is 1. The van der Waals surface area contributed by atoms with Crippen LogP contribution in [0.15, 0.2) is 30.7 Å². The molecule has 6 nitrogen and oxygen atoms in total. The lowest BCUT2D eigenvalue weighted by molar-refractivity contribution is -0.127. The largest absolute Gasteiger partial charge is 0.338 e. The van der Waals surface area contributed by atoms with E-state index in [1.54, 1.807) is 18.6 Å². The number of pyridine rings is 1. The van der Waals surface area contributed by atoms with E-state index in [9.17, 15) is 4.79 Å².